The number of aliphatic hydroxyl groups excluding tert-OH is 4. The van der Waals surface area contributed by atoms with E-state index in [1.807, 2.05) is 18.2 Å². The lowest BCUT2D eigenvalue weighted by atomic mass is 9.95. The summed E-state index contributed by atoms with van der Waals surface area (Å²) in [5, 5.41) is 60.9. The van der Waals surface area contributed by atoms with Crippen LogP contribution in [-0.4, -0.2) is 72.7 Å². The number of ether oxygens (including phenoxy) is 2. The van der Waals surface area contributed by atoms with E-state index in [2.05, 4.69) is 10.2 Å². The molecule has 1 fully saturated rings. The maximum Gasteiger partial charge on any atom is 0.288 e. The monoisotopic (exact) mass is 456 g/mol. The second-order valence-electron chi connectivity index (χ2n) is 8.18. The fraction of sp³-hybridized carbons (Fsp3) is 0.348. The SMILES string of the molecule is OC[C@H]1O[C@@H](O)[C@@](O)(Oc2cccc3[nH]nc(CCc4ccc5cocc5c4)c23)[C@@H](O)[C@@H]1O. The first kappa shape index (κ1) is 21.8. The summed E-state index contributed by atoms with van der Waals surface area (Å²) in [7, 11) is 0. The molecule has 0 bridgehead atoms. The molecule has 174 valence electrons. The molecule has 10 heteroatoms. The van der Waals surface area contributed by atoms with Crippen molar-refractivity contribution < 1.29 is 39.4 Å². The van der Waals surface area contributed by atoms with E-state index in [-0.39, 0.29) is 5.75 Å². The zero-order valence-electron chi connectivity index (χ0n) is 17.5. The number of hydrogen-bond donors (Lipinski definition) is 6. The number of hydrogen-bond acceptors (Lipinski definition) is 9. The molecule has 2 aromatic heterocycles. The first-order chi connectivity index (χ1) is 15.9. The van der Waals surface area contributed by atoms with Gasteiger partial charge in [-0.2, -0.15) is 5.10 Å². The van der Waals surface area contributed by atoms with Crippen LogP contribution in [0.2, 0.25) is 0 Å². The van der Waals surface area contributed by atoms with Crippen LogP contribution in [0.1, 0.15) is 11.3 Å². The zero-order chi connectivity index (χ0) is 23.2. The average molecular weight is 456 g/mol. The molecule has 1 saturated heterocycles. The minimum Gasteiger partial charge on any atom is -0.471 e. The normalized spacial score (nSPS) is 27.9. The van der Waals surface area contributed by atoms with Crippen LogP contribution in [0, 0.1) is 0 Å². The quantitative estimate of drug-likeness (QED) is 0.228. The summed E-state index contributed by atoms with van der Waals surface area (Å²) in [6.07, 6.45) is -2.31. The van der Waals surface area contributed by atoms with E-state index in [0.29, 0.717) is 29.4 Å². The fourth-order valence-electron chi connectivity index (χ4n) is 4.18. The molecule has 1 aliphatic heterocycles. The Hall–Kier alpha value is -2.99. The molecule has 33 heavy (non-hydrogen) atoms. The summed E-state index contributed by atoms with van der Waals surface area (Å²) < 4.78 is 15.9. The molecule has 0 spiro atoms. The Kier molecular flexibility index (Phi) is 5.57. The second kappa shape index (κ2) is 8.41. The Morgan fingerprint density at radius 1 is 1.06 bits per heavy atom. The van der Waals surface area contributed by atoms with Crippen molar-refractivity contribution in [1.82, 2.24) is 10.2 Å². The first-order valence-corrected chi connectivity index (χ1v) is 10.5. The van der Waals surface area contributed by atoms with Gasteiger partial charge in [-0.3, -0.25) is 5.10 Å². The number of H-pyrrole nitrogens is 1. The van der Waals surface area contributed by atoms with Crippen LogP contribution < -0.4 is 4.74 Å². The van der Waals surface area contributed by atoms with Crippen LogP contribution in [0.25, 0.3) is 21.7 Å². The van der Waals surface area contributed by atoms with E-state index >= 15 is 0 Å². The fourth-order valence-corrected chi connectivity index (χ4v) is 4.18. The van der Waals surface area contributed by atoms with E-state index < -0.39 is 37.0 Å². The van der Waals surface area contributed by atoms with Gasteiger partial charge < -0.3 is 39.4 Å². The summed E-state index contributed by atoms with van der Waals surface area (Å²) >= 11 is 0. The van der Waals surface area contributed by atoms with Gasteiger partial charge >= 0.3 is 0 Å². The van der Waals surface area contributed by atoms with E-state index in [4.69, 9.17) is 13.9 Å². The Morgan fingerprint density at radius 3 is 2.70 bits per heavy atom. The number of furan rings is 1. The maximum atomic E-state index is 10.9. The number of aromatic nitrogens is 2. The number of aliphatic hydroxyl groups is 5. The van der Waals surface area contributed by atoms with Crippen LogP contribution in [0.3, 0.4) is 0 Å². The van der Waals surface area contributed by atoms with Crippen molar-refractivity contribution in [3.63, 3.8) is 0 Å². The topological polar surface area (TPSA) is 161 Å². The highest BCUT2D eigenvalue weighted by Gasteiger charge is 2.57. The minimum absolute atomic E-state index is 0.139. The van der Waals surface area contributed by atoms with E-state index in [0.717, 1.165) is 16.3 Å². The molecule has 0 unspecified atom stereocenters. The molecule has 5 atom stereocenters. The Labute approximate surface area is 187 Å². The van der Waals surface area contributed by atoms with Gasteiger partial charge in [0.2, 0.25) is 6.29 Å². The number of aryl methyl sites for hydroxylation is 2. The van der Waals surface area contributed by atoms with Crippen molar-refractivity contribution in [3.8, 4) is 5.75 Å². The number of benzene rings is 2. The largest absolute Gasteiger partial charge is 0.471 e. The lowest BCUT2D eigenvalue weighted by Crippen LogP contribution is -2.69. The Bertz CT molecular complexity index is 1270. The third-order valence-corrected chi connectivity index (χ3v) is 6.06. The molecule has 2 aromatic carbocycles. The van der Waals surface area contributed by atoms with Gasteiger partial charge in [-0.25, -0.2) is 0 Å². The van der Waals surface area contributed by atoms with Crippen molar-refractivity contribution in [3.05, 3.63) is 60.2 Å². The number of rotatable bonds is 6. The first-order valence-electron chi connectivity index (χ1n) is 10.5. The maximum absolute atomic E-state index is 10.9. The predicted molar refractivity (Wildman–Crippen MR) is 115 cm³/mol. The number of fused-ring (bicyclic) bond motifs is 2. The summed E-state index contributed by atoms with van der Waals surface area (Å²) in [6, 6.07) is 11.0. The number of aromatic amines is 1. The van der Waals surface area contributed by atoms with Gasteiger partial charge in [0.1, 0.15) is 18.0 Å². The average Bonchev–Trinajstić information content (AvgIpc) is 3.46. The van der Waals surface area contributed by atoms with Crippen LogP contribution in [0.5, 0.6) is 5.75 Å². The van der Waals surface area contributed by atoms with Gasteiger partial charge in [-0.1, -0.05) is 18.2 Å². The Morgan fingerprint density at radius 2 is 1.88 bits per heavy atom. The summed E-state index contributed by atoms with van der Waals surface area (Å²) in [5.74, 6) is -2.53. The van der Waals surface area contributed by atoms with Gasteiger partial charge in [-0.05, 0) is 36.6 Å². The highest BCUT2D eigenvalue weighted by Crippen LogP contribution is 2.36. The van der Waals surface area contributed by atoms with Crippen molar-refractivity contribution in [1.29, 1.82) is 0 Å². The molecule has 4 aromatic rings. The summed E-state index contributed by atoms with van der Waals surface area (Å²) in [5.41, 5.74) is 2.37. The van der Waals surface area contributed by atoms with E-state index in [9.17, 15) is 25.5 Å². The molecule has 0 saturated carbocycles. The molecule has 0 radical (unpaired) electrons. The van der Waals surface area contributed by atoms with Crippen molar-refractivity contribution in [2.75, 3.05) is 6.61 Å². The smallest absolute Gasteiger partial charge is 0.288 e. The van der Waals surface area contributed by atoms with E-state index in [1.54, 1.807) is 30.7 Å². The van der Waals surface area contributed by atoms with Gasteiger partial charge in [-0.15, -0.1) is 0 Å². The standard InChI is InChI=1S/C23H24N2O8/c26-9-18-20(27)21(28)23(30,22(29)32-18)33-17-3-1-2-15-19(17)16(25-24-15)7-5-12-4-6-13-10-31-11-14(13)8-12/h1-4,6,8,10-11,18,20-22,26-30H,5,7,9H2,(H,24,25)/t18-,20-,21+,22-,23+/m1/s1. The van der Waals surface area contributed by atoms with Gasteiger partial charge in [0, 0.05) is 10.8 Å². The van der Waals surface area contributed by atoms with Gasteiger partial charge in [0.25, 0.3) is 5.79 Å². The number of nitrogens with zero attached hydrogens (tertiary/aromatic N) is 1. The molecule has 10 nitrogen and oxygen atoms in total. The highest BCUT2D eigenvalue weighted by molar-refractivity contribution is 5.88. The van der Waals surface area contributed by atoms with Crippen LogP contribution >= 0.6 is 0 Å². The predicted octanol–water partition coefficient (Wildman–Crippen LogP) is 0.593. The molecule has 0 amide bonds. The Balaban J connectivity index is 1.43. The molecule has 3 heterocycles. The third-order valence-electron chi connectivity index (χ3n) is 6.06. The van der Waals surface area contributed by atoms with Crippen molar-refractivity contribution >= 4 is 21.7 Å². The molecular weight excluding hydrogens is 432 g/mol. The zero-order valence-corrected chi connectivity index (χ0v) is 17.5. The minimum atomic E-state index is -2.67. The molecule has 1 aliphatic rings. The van der Waals surface area contributed by atoms with Crippen LogP contribution in [0.15, 0.2) is 53.3 Å². The lowest BCUT2D eigenvalue weighted by molar-refractivity contribution is -0.385. The van der Waals surface area contributed by atoms with Crippen LogP contribution in [0.4, 0.5) is 0 Å². The lowest BCUT2D eigenvalue weighted by Gasteiger charge is -2.45. The number of nitrogens with one attached hydrogen (secondary N) is 1. The van der Waals surface area contributed by atoms with Crippen molar-refractivity contribution in [2.24, 2.45) is 0 Å². The molecular formula is C23H24N2O8. The van der Waals surface area contributed by atoms with Crippen LogP contribution in [-0.2, 0) is 17.6 Å². The van der Waals surface area contributed by atoms with Gasteiger partial charge in [0.15, 0.2) is 6.10 Å². The summed E-state index contributed by atoms with van der Waals surface area (Å²) in [4.78, 5) is 0. The summed E-state index contributed by atoms with van der Waals surface area (Å²) in [6.45, 7) is -0.655. The molecule has 0 aliphatic carbocycles. The second-order valence-corrected chi connectivity index (χ2v) is 8.18. The van der Waals surface area contributed by atoms with E-state index in [1.165, 1.54) is 0 Å². The van der Waals surface area contributed by atoms with Gasteiger partial charge in [0.05, 0.1) is 35.7 Å². The molecule has 5 rings (SSSR count). The highest BCUT2D eigenvalue weighted by atomic mass is 16.7. The third kappa shape index (κ3) is 3.76. The van der Waals surface area contributed by atoms with Crippen molar-refractivity contribution in [2.45, 2.75) is 43.2 Å². The molecule has 6 N–H and O–H groups in total.